The van der Waals surface area contributed by atoms with Gasteiger partial charge in [0.25, 0.3) is 11.8 Å². The third-order valence-corrected chi connectivity index (χ3v) is 5.18. The van der Waals surface area contributed by atoms with E-state index in [1.54, 1.807) is 22.2 Å². The van der Waals surface area contributed by atoms with Crippen molar-refractivity contribution < 1.29 is 9.59 Å². The van der Waals surface area contributed by atoms with Crippen LogP contribution < -0.4 is 0 Å². The van der Waals surface area contributed by atoms with E-state index in [2.05, 4.69) is 4.98 Å². The van der Waals surface area contributed by atoms with Crippen molar-refractivity contribution in [2.45, 2.75) is 24.7 Å². The van der Waals surface area contributed by atoms with Crippen molar-refractivity contribution in [3.8, 4) is 0 Å². The van der Waals surface area contributed by atoms with Gasteiger partial charge in [0.15, 0.2) is 0 Å². The molecule has 4 rings (SSSR count). The fourth-order valence-corrected chi connectivity index (χ4v) is 3.55. The highest BCUT2D eigenvalue weighted by molar-refractivity contribution is 6.29. The zero-order valence-electron chi connectivity index (χ0n) is 13.7. The second-order valence-electron chi connectivity index (χ2n) is 6.53. The van der Waals surface area contributed by atoms with Crippen LogP contribution in [0.3, 0.4) is 0 Å². The van der Waals surface area contributed by atoms with E-state index in [0.717, 1.165) is 24.8 Å². The molecule has 2 aliphatic rings. The Balaban J connectivity index is 1.58. The van der Waals surface area contributed by atoms with Gasteiger partial charge in [0.1, 0.15) is 5.15 Å². The Labute approximate surface area is 151 Å². The topological polar surface area (TPSA) is 53.5 Å². The van der Waals surface area contributed by atoms with Gasteiger partial charge in [-0.05, 0) is 37.0 Å². The van der Waals surface area contributed by atoms with Crippen molar-refractivity contribution in [3.63, 3.8) is 0 Å². The quantitative estimate of drug-likeness (QED) is 0.795. The number of hydrogen-bond acceptors (Lipinski definition) is 3. The molecule has 0 radical (unpaired) electrons. The van der Waals surface area contributed by atoms with Crippen LogP contribution in [-0.2, 0) is 10.2 Å². The van der Waals surface area contributed by atoms with Gasteiger partial charge in [-0.15, -0.1) is 0 Å². The summed E-state index contributed by atoms with van der Waals surface area (Å²) in [6.45, 7) is 1.11. The summed E-state index contributed by atoms with van der Waals surface area (Å²) in [7, 11) is 0. The molecule has 1 aromatic heterocycles. The molecule has 128 valence electrons. The molecule has 1 aliphatic heterocycles. The van der Waals surface area contributed by atoms with Gasteiger partial charge in [0, 0.05) is 19.3 Å². The molecule has 1 aliphatic carbocycles. The van der Waals surface area contributed by atoms with Gasteiger partial charge in [-0.1, -0.05) is 41.9 Å². The van der Waals surface area contributed by atoms with E-state index in [1.165, 1.54) is 6.20 Å². The molecular formula is C19H18ClN3O2. The van der Waals surface area contributed by atoms with Crippen LogP contribution in [0.15, 0.2) is 48.7 Å². The highest BCUT2D eigenvalue weighted by Gasteiger charge is 2.54. The summed E-state index contributed by atoms with van der Waals surface area (Å²) >= 11 is 5.79. The minimum atomic E-state index is -0.470. The number of amides is 2. The van der Waals surface area contributed by atoms with Crippen LogP contribution in [-0.4, -0.2) is 39.9 Å². The summed E-state index contributed by atoms with van der Waals surface area (Å²) in [5.41, 5.74) is 1.00. The highest BCUT2D eigenvalue weighted by Crippen LogP contribution is 2.50. The zero-order chi connectivity index (χ0) is 17.4. The maximum absolute atomic E-state index is 13.2. The molecule has 0 atom stereocenters. The van der Waals surface area contributed by atoms with Gasteiger partial charge >= 0.3 is 0 Å². The van der Waals surface area contributed by atoms with E-state index in [-0.39, 0.29) is 11.8 Å². The van der Waals surface area contributed by atoms with E-state index in [0.29, 0.717) is 23.8 Å². The Morgan fingerprint density at radius 2 is 1.72 bits per heavy atom. The number of carbonyl (C=O) groups excluding carboxylic acids is 2. The smallest absolute Gasteiger partial charge is 0.272 e. The number of carbonyl (C=O) groups is 2. The number of aromatic nitrogens is 1. The van der Waals surface area contributed by atoms with Crippen LogP contribution in [0, 0.1) is 0 Å². The third kappa shape index (κ3) is 2.78. The first-order valence-corrected chi connectivity index (χ1v) is 8.80. The molecule has 0 unspecified atom stereocenters. The second-order valence-corrected chi connectivity index (χ2v) is 6.92. The molecule has 2 aromatic rings. The molecule has 25 heavy (non-hydrogen) atoms. The largest absolute Gasteiger partial charge is 0.274 e. The Kier molecular flexibility index (Phi) is 3.96. The summed E-state index contributed by atoms with van der Waals surface area (Å²) in [6.07, 6.45) is 3.90. The molecule has 0 spiro atoms. The second kappa shape index (κ2) is 6.15. The Morgan fingerprint density at radius 3 is 2.36 bits per heavy atom. The third-order valence-electron chi connectivity index (χ3n) is 4.96. The van der Waals surface area contributed by atoms with Gasteiger partial charge in [-0.2, -0.15) is 0 Å². The first-order chi connectivity index (χ1) is 12.1. The van der Waals surface area contributed by atoms with E-state index in [9.17, 15) is 9.59 Å². The van der Waals surface area contributed by atoms with Gasteiger partial charge in [0.05, 0.1) is 11.0 Å². The van der Waals surface area contributed by atoms with Crippen molar-refractivity contribution in [2.75, 3.05) is 13.1 Å². The summed E-state index contributed by atoms with van der Waals surface area (Å²) in [5, 5.41) is 3.51. The van der Waals surface area contributed by atoms with Crippen molar-refractivity contribution in [3.05, 3.63) is 64.9 Å². The minimum absolute atomic E-state index is 0.0199. The fraction of sp³-hybridized carbons (Fsp3) is 0.316. The summed E-state index contributed by atoms with van der Waals surface area (Å²) in [5.74, 6) is -0.189. The standard InChI is InChI=1S/C19H18ClN3O2/c20-16-8-7-14(13-21-16)17(24)22-11-4-12-23(22)18(25)19(9-10-19)15-5-2-1-3-6-15/h1-3,5-8,13H,4,9-12H2. The Bertz CT molecular complexity index is 803. The molecule has 6 heteroatoms. The van der Waals surface area contributed by atoms with Crippen LogP contribution in [0.5, 0.6) is 0 Å². The zero-order valence-corrected chi connectivity index (χ0v) is 14.4. The molecule has 1 aromatic carbocycles. The maximum Gasteiger partial charge on any atom is 0.274 e. The molecule has 2 heterocycles. The average molecular weight is 356 g/mol. The number of halogens is 1. The maximum atomic E-state index is 13.2. The van der Waals surface area contributed by atoms with Crippen molar-refractivity contribution in [2.24, 2.45) is 0 Å². The number of pyridine rings is 1. The summed E-state index contributed by atoms with van der Waals surface area (Å²) in [6, 6.07) is 13.1. The Hall–Kier alpha value is -2.40. The lowest BCUT2D eigenvalue weighted by Gasteiger charge is -2.31. The summed E-state index contributed by atoms with van der Waals surface area (Å²) in [4.78, 5) is 30.0. The SMILES string of the molecule is O=C(c1ccc(Cl)nc1)N1CCCN1C(=O)C1(c2ccccc2)CC1. The van der Waals surface area contributed by atoms with Crippen molar-refractivity contribution >= 4 is 23.4 Å². The predicted molar refractivity (Wildman–Crippen MR) is 94.0 cm³/mol. The predicted octanol–water partition coefficient (Wildman–Crippen LogP) is 3.06. The van der Waals surface area contributed by atoms with Crippen LogP contribution in [0.25, 0.3) is 0 Å². The first kappa shape index (κ1) is 16.1. The molecule has 1 saturated carbocycles. The Morgan fingerprint density at radius 1 is 1.00 bits per heavy atom. The number of nitrogens with zero attached hydrogens (tertiary/aromatic N) is 3. The number of rotatable bonds is 3. The van der Waals surface area contributed by atoms with Crippen LogP contribution >= 0.6 is 11.6 Å². The van der Waals surface area contributed by atoms with Crippen molar-refractivity contribution in [1.82, 2.24) is 15.0 Å². The monoisotopic (exact) mass is 355 g/mol. The van der Waals surface area contributed by atoms with Crippen molar-refractivity contribution in [1.29, 1.82) is 0 Å². The first-order valence-electron chi connectivity index (χ1n) is 8.43. The molecule has 2 fully saturated rings. The van der Waals surface area contributed by atoms with E-state index < -0.39 is 5.41 Å². The van der Waals surface area contributed by atoms with E-state index in [4.69, 9.17) is 11.6 Å². The molecule has 0 N–H and O–H groups in total. The van der Waals surface area contributed by atoms with Crippen LogP contribution in [0.4, 0.5) is 0 Å². The normalized spacial score (nSPS) is 18.3. The lowest BCUT2D eigenvalue weighted by Crippen LogP contribution is -2.49. The number of hydrazine groups is 1. The average Bonchev–Trinajstić information content (AvgIpc) is 3.32. The molecule has 5 nitrogen and oxygen atoms in total. The van der Waals surface area contributed by atoms with Gasteiger partial charge < -0.3 is 0 Å². The van der Waals surface area contributed by atoms with E-state index >= 15 is 0 Å². The van der Waals surface area contributed by atoms with E-state index in [1.807, 2.05) is 30.3 Å². The van der Waals surface area contributed by atoms with Crippen LogP contribution in [0.1, 0.15) is 35.2 Å². The summed E-state index contributed by atoms with van der Waals surface area (Å²) < 4.78 is 0. The van der Waals surface area contributed by atoms with Gasteiger partial charge in [-0.3, -0.25) is 14.6 Å². The van der Waals surface area contributed by atoms with Gasteiger partial charge in [-0.25, -0.2) is 9.99 Å². The molecule has 0 bridgehead atoms. The number of benzene rings is 1. The molecular weight excluding hydrogens is 338 g/mol. The lowest BCUT2D eigenvalue weighted by atomic mass is 9.95. The lowest BCUT2D eigenvalue weighted by molar-refractivity contribution is -0.143. The molecule has 1 saturated heterocycles. The van der Waals surface area contributed by atoms with Gasteiger partial charge in [0.2, 0.25) is 0 Å². The minimum Gasteiger partial charge on any atom is -0.272 e. The number of hydrogen-bond donors (Lipinski definition) is 0. The highest BCUT2D eigenvalue weighted by atomic mass is 35.5. The van der Waals surface area contributed by atoms with Crippen LogP contribution in [0.2, 0.25) is 5.15 Å². The molecule has 2 amide bonds. The fourth-order valence-electron chi connectivity index (χ4n) is 3.44.